The van der Waals surface area contributed by atoms with Gasteiger partial charge in [0.15, 0.2) is 5.76 Å². The number of methoxy groups -OCH3 is 1. The van der Waals surface area contributed by atoms with Crippen LogP contribution in [-0.2, 0) is 14.3 Å². The Balaban J connectivity index is 2.08. The number of halogens is 4. The first-order chi connectivity index (χ1) is 15.1. The van der Waals surface area contributed by atoms with E-state index in [1.165, 1.54) is 0 Å². The van der Waals surface area contributed by atoms with E-state index in [1.54, 1.807) is 0 Å². The third-order valence-electron chi connectivity index (χ3n) is 4.59. The summed E-state index contributed by atoms with van der Waals surface area (Å²) in [7, 11) is 1.15. The van der Waals surface area contributed by atoms with E-state index in [0.717, 1.165) is 31.6 Å². The number of benzene rings is 1. The third-order valence-corrected chi connectivity index (χ3v) is 4.59. The Morgan fingerprint density at radius 3 is 2.78 bits per heavy atom. The van der Waals surface area contributed by atoms with Crippen LogP contribution in [0.1, 0.15) is 24.6 Å². The van der Waals surface area contributed by atoms with Crippen molar-refractivity contribution in [1.29, 1.82) is 5.41 Å². The maximum atomic E-state index is 14.4. The Morgan fingerprint density at radius 2 is 2.12 bits per heavy atom. The van der Waals surface area contributed by atoms with Crippen LogP contribution in [0.4, 0.5) is 23.2 Å². The number of ether oxygens (including phenoxy) is 2. The summed E-state index contributed by atoms with van der Waals surface area (Å²) < 4.78 is 65.0. The van der Waals surface area contributed by atoms with Crippen LogP contribution in [0.25, 0.3) is 11.3 Å². The molecule has 8 nitrogen and oxygen atoms in total. The molecule has 3 N–H and O–H groups in total. The van der Waals surface area contributed by atoms with E-state index in [9.17, 15) is 27.5 Å². The van der Waals surface area contributed by atoms with Gasteiger partial charge in [-0.15, -0.1) is 0 Å². The Labute approximate surface area is 179 Å². The van der Waals surface area contributed by atoms with Crippen LogP contribution in [0.15, 0.2) is 36.4 Å². The lowest BCUT2D eigenvalue weighted by Gasteiger charge is -2.29. The molecule has 1 unspecified atom stereocenters. The first-order valence-electron chi connectivity index (χ1n) is 9.25. The quantitative estimate of drug-likeness (QED) is 0.207. The molecule has 0 aliphatic carbocycles. The van der Waals surface area contributed by atoms with Gasteiger partial charge in [-0.2, -0.15) is 0 Å². The fraction of sp³-hybridized carbons (Fsp3) is 0.300. The zero-order valence-electron chi connectivity index (χ0n) is 16.7. The highest BCUT2D eigenvalue weighted by molar-refractivity contribution is 6.07. The highest BCUT2D eigenvalue weighted by atomic mass is 19.3. The maximum Gasteiger partial charge on any atom is 0.290 e. The van der Waals surface area contributed by atoms with Crippen molar-refractivity contribution in [2.45, 2.75) is 24.9 Å². The number of anilines is 1. The number of carbonyl (C=O) groups excluding carboxylic acids is 1. The van der Waals surface area contributed by atoms with E-state index >= 15 is 0 Å². The minimum atomic E-state index is -3.04. The van der Waals surface area contributed by atoms with Gasteiger partial charge in [-0.3, -0.25) is 10.2 Å². The van der Waals surface area contributed by atoms with Crippen LogP contribution in [0, 0.1) is 17.0 Å². The molecule has 1 aliphatic rings. The molecule has 2 aromatic rings. The summed E-state index contributed by atoms with van der Waals surface area (Å²) in [6.45, 7) is -0.894. The second-order valence-corrected chi connectivity index (χ2v) is 6.85. The standard InChI is InChI=1S/C20H18F4N4O4/c1-31-15(25)7-13(29)19(30)28-18-16(11-6-10(21)2-3-12(11)22)26-9-27-17(18)14-4-5-20(23,24)8-32-14/h2-3,6-7,9,14,25,29H,4-5,8H2,1H3,(H,28,30)/b13-7-,25-15?. The normalized spacial score (nSPS) is 18.2. The van der Waals surface area contributed by atoms with E-state index in [-0.39, 0.29) is 29.1 Å². The van der Waals surface area contributed by atoms with Gasteiger partial charge in [0, 0.05) is 18.1 Å². The zero-order chi connectivity index (χ0) is 23.5. The summed E-state index contributed by atoms with van der Waals surface area (Å²) in [6.07, 6.45) is 0.00516. The molecule has 32 heavy (non-hydrogen) atoms. The van der Waals surface area contributed by atoms with Crippen molar-refractivity contribution in [3.05, 3.63) is 53.7 Å². The van der Waals surface area contributed by atoms with Gasteiger partial charge < -0.3 is 19.9 Å². The van der Waals surface area contributed by atoms with Crippen LogP contribution in [0.2, 0.25) is 0 Å². The van der Waals surface area contributed by atoms with E-state index in [0.29, 0.717) is 6.08 Å². The molecule has 1 atom stereocenters. The lowest BCUT2D eigenvalue weighted by molar-refractivity contribution is -0.146. The van der Waals surface area contributed by atoms with Crippen molar-refractivity contribution in [3.63, 3.8) is 0 Å². The molecule has 1 aromatic heterocycles. The largest absolute Gasteiger partial charge is 0.503 e. The number of aromatic nitrogens is 2. The van der Waals surface area contributed by atoms with Crippen molar-refractivity contribution in [2.75, 3.05) is 19.0 Å². The Kier molecular flexibility index (Phi) is 6.72. The fourth-order valence-electron chi connectivity index (χ4n) is 3.01. The van der Waals surface area contributed by atoms with Crippen LogP contribution in [-0.4, -0.2) is 46.5 Å². The van der Waals surface area contributed by atoms with E-state index in [2.05, 4.69) is 20.0 Å². The number of hydrogen-bond acceptors (Lipinski definition) is 7. The number of aliphatic hydroxyl groups is 1. The summed E-state index contributed by atoms with van der Waals surface area (Å²) in [6, 6.07) is 2.58. The van der Waals surface area contributed by atoms with E-state index in [4.69, 9.17) is 10.1 Å². The number of alkyl halides is 2. The molecule has 1 fully saturated rings. The van der Waals surface area contributed by atoms with Crippen LogP contribution < -0.4 is 5.32 Å². The van der Waals surface area contributed by atoms with Crippen LogP contribution >= 0.6 is 0 Å². The number of aliphatic hydroxyl groups excluding tert-OH is 1. The average molecular weight is 454 g/mol. The van der Waals surface area contributed by atoms with Gasteiger partial charge in [0.1, 0.15) is 36.4 Å². The molecule has 12 heteroatoms. The summed E-state index contributed by atoms with van der Waals surface area (Å²) in [4.78, 5) is 20.4. The molecule has 0 bridgehead atoms. The van der Waals surface area contributed by atoms with E-state index in [1.807, 2.05) is 0 Å². The molecule has 170 valence electrons. The lowest BCUT2D eigenvalue weighted by Crippen LogP contribution is -2.32. The smallest absolute Gasteiger partial charge is 0.290 e. The van der Waals surface area contributed by atoms with Crippen molar-refractivity contribution in [2.24, 2.45) is 0 Å². The summed E-state index contributed by atoms with van der Waals surface area (Å²) in [5.74, 6) is -7.31. The molecule has 3 rings (SSSR count). The molecule has 2 heterocycles. The number of rotatable bonds is 5. The average Bonchev–Trinajstić information content (AvgIpc) is 2.75. The van der Waals surface area contributed by atoms with Gasteiger partial charge in [-0.05, 0) is 24.6 Å². The first kappa shape index (κ1) is 23.1. The summed E-state index contributed by atoms with van der Waals surface area (Å²) >= 11 is 0. The SMILES string of the molecule is COC(=N)/C=C(\O)C(=O)Nc1c(-c2cc(F)ccc2F)ncnc1C1CCC(F)(F)CO1. The predicted octanol–water partition coefficient (Wildman–Crippen LogP) is 3.91. The lowest BCUT2D eigenvalue weighted by atomic mass is 10.00. The Morgan fingerprint density at radius 1 is 1.38 bits per heavy atom. The molecular formula is C20H18F4N4O4. The molecule has 1 aliphatic heterocycles. The molecule has 0 radical (unpaired) electrons. The number of hydrogen-bond donors (Lipinski definition) is 3. The molecule has 0 saturated carbocycles. The summed E-state index contributed by atoms with van der Waals surface area (Å²) in [5, 5.41) is 19.6. The molecule has 1 amide bonds. The molecule has 1 saturated heterocycles. The fourth-order valence-corrected chi connectivity index (χ4v) is 3.01. The highest BCUT2D eigenvalue weighted by Crippen LogP contribution is 2.40. The minimum Gasteiger partial charge on any atom is -0.503 e. The molecular weight excluding hydrogens is 436 g/mol. The van der Waals surface area contributed by atoms with Gasteiger partial charge >= 0.3 is 0 Å². The van der Waals surface area contributed by atoms with Crippen molar-refractivity contribution in [3.8, 4) is 11.3 Å². The first-order valence-corrected chi connectivity index (χ1v) is 9.25. The number of carbonyl (C=O) groups is 1. The van der Waals surface area contributed by atoms with Gasteiger partial charge in [0.25, 0.3) is 11.8 Å². The van der Waals surface area contributed by atoms with Crippen molar-refractivity contribution < 1.29 is 36.9 Å². The Bertz CT molecular complexity index is 1070. The zero-order valence-corrected chi connectivity index (χ0v) is 16.7. The minimum absolute atomic E-state index is 0.0582. The van der Waals surface area contributed by atoms with Gasteiger partial charge in [-0.25, -0.2) is 27.5 Å². The number of nitrogens with zero attached hydrogens (tertiary/aromatic N) is 2. The van der Waals surface area contributed by atoms with Gasteiger partial charge in [0.2, 0.25) is 5.90 Å². The van der Waals surface area contributed by atoms with Gasteiger partial charge in [0.05, 0.1) is 18.5 Å². The second-order valence-electron chi connectivity index (χ2n) is 6.85. The van der Waals surface area contributed by atoms with Crippen molar-refractivity contribution >= 4 is 17.5 Å². The van der Waals surface area contributed by atoms with Crippen LogP contribution in [0.3, 0.4) is 0 Å². The topological polar surface area (TPSA) is 117 Å². The molecule has 0 spiro atoms. The highest BCUT2D eigenvalue weighted by Gasteiger charge is 2.38. The van der Waals surface area contributed by atoms with Crippen molar-refractivity contribution in [1.82, 2.24) is 9.97 Å². The monoisotopic (exact) mass is 454 g/mol. The third kappa shape index (κ3) is 5.19. The van der Waals surface area contributed by atoms with Gasteiger partial charge in [-0.1, -0.05) is 0 Å². The number of amides is 1. The predicted molar refractivity (Wildman–Crippen MR) is 104 cm³/mol. The second kappa shape index (κ2) is 9.30. The van der Waals surface area contributed by atoms with Crippen LogP contribution in [0.5, 0.6) is 0 Å². The summed E-state index contributed by atoms with van der Waals surface area (Å²) in [5.41, 5.74) is -0.910. The maximum absolute atomic E-state index is 14.4. The van der Waals surface area contributed by atoms with E-state index < -0.39 is 54.3 Å². The molecule has 1 aromatic carbocycles. The Hall–Kier alpha value is -3.54. The number of nitrogens with one attached hydrogen (secondary N) is 2.